The normalized spacial score (nSPS) is 10.6. The largest absolute Gasteiger partial charge is 0.480 e. The molecule has 0 bridgehead atoms. The van der Waals surface area contributed by atoms with E-state index >= 15 is 0 Å². The van der Waals surface area contributed by atoms with Gasteiger partial charge in [-0.1, -0.05) is 19.1 Å². The maximum absolute atomic E-state index is 11.0. The van der Waals surface area contributed by atoms with Gasteiger partial charge in [-0.25, -0.2) is 9.97 Å². The standard InChI is InChI=1S/C14H17N3O2/c1-3-7-17(8-12(18)19)14-11-6-4-5-10(2)13(11)15-9-16-14/h4-6,9H,3,7-8H2,1-2H3,(H,18,19). The van der Waals surface area contributed by atoms with Crippen LogP contribution in [-0.4, -0.2) is 34.1 Å². The molecule has 0 aliphatic rings. The Hall–Kier alpha value is -2.17. The van der Waals surface area contributed by atoms with Gasteiger partial charge in [-0.3, -0.25) is 4.79 Å². The van der Waals surface area contributed by atoms with Crippen LogP contribution >= 0.6 is 0 Å². The van der Waals surface area contributed by atoms with Crippen LogP contribution in [0.2, 0.25) is 0 Å². The summed E-state index contributed by atoms with van der Waals surface area (Å²) in [6.07, 6.45) is 2.36. The Balaban J connectivity index is 2.53. The van der Waals surface area contributed by atoms with Gasteiger partial charge in [0.25, 0.3) is 0 Å². The number of carboxylic acid groups (broad SMARTS) is 1. The van der Waals surface area contributed by atoms with Gasteiger partial charge in [0.2, 0.25) is 0 Å². The van der Waals surface area contributed by atoms with Crippen molar-refractivity contribution in [3.63, 3.8) is 0 Å². The zero-order valence-corrected chi connectivity index (χ0v) is 11.1. The van der Waals surface area contributed by atoms with Crippen LogP contribution < -0.4 is 4.90 Å². The van der Waals surface area contributed by atoms with Crippen LogP contribution in [0.3, 0.4) is 0 Å². The van der Waals surface area contributed by atoms with Gasteiger partial charge in [0.05, 0.1) is 5.52 Å². The Kier molecular flexibility index (Phi) is 3.94. The van der Waals surface area contributed by atoms with E-state index in [1.54, 1.807) is 4.90 Å². The van der Waals surface area contributed by atoms with Gasteiger partial charge >= 0.3 is 5.97 Å². The second-order valence-corrected chi connectivity index (χ2v) is 4.48. The van der Waals surface area contributed by atoms with Crippen LogP contribution in [0, 0.1) is 6.92 Å². The average molecular weight is 259 g/mol. The topological polar surface area (TPSA) is 66.3 Å². The minimum absolute atomic E-state index is 0.0477. The molecular weight excluding hydrogens is 242 g/mol. The predicted molar refractivity (Wildman–Crippen MR) is 74.4 cm³/mol. The van der Waals surface area contributed by atoms with Crippen molar-refractivity contribution >= 4 is 22.7 Å². The number of aliphatic carboxylic acids is 1. The molecule has 2 rings (SSSR count). The van der Waals surface area contributed by atoms with E-state index in [4.69, 9.17) is 5.11 Å². The summed E-state index contributed by atoms with van der Waals surface area (Å²) in [4.78, 5) is 21.3. The number of benzene rings is 1. The van der Waals surface area contributed by atoms with E-state index < -0.39 is 5.97 Å². The van der Waals surface area contributed by atoms with Crippen LogP contribution in [0.5, 0.6) is 0 Å². The highest BCUT2D eigenvalue weighted by Gasteiger charge is 2.15. The second-order valence-electron chi connectivity index (χ2n) is 4.48. The van der Waals surface area contributed by atoms with Crippen molar-refractivity contribution in [2.24, 2.45) is 0 Å². The molecule has 1 heterocycles. The third-order valence-corrected chi connectivity index (χ3v) is 2.96. The van der Waals surface area contributed by atoms with Gasteiger partial charge in [0, 0.05) is 11.9 Å². The molecule has 0 amide bonds. The summed E-state index contributed by atoms with van der Waals surface area (Å²) in [6, 6.07) is 5.86. The summed E-state index contributed by atoms with van der Waals surface area (Å²) in [7, 11) is 0. The van der Waals surface area contributed by atoms with Gasteiger partial charge in [-0.2, -0.15) is 0 Å². The Morgan fingerprint density at radius 3 is 2.84 bits per heavy atom. The third-order valence-electron chi connectivity index (χ3n) is 2.96. The van der Waals surface area contributed by atoms with Crippen molar-refractivity contribution in [3.8, 4) is 0 Å². The number of fused-ring (bicyclic) bond motifs is 1. The Bertz CT molecular complexity index is 598. The highest BCUT2D eigenvalue weighted by molar-refractivity contribution is 5.92. The SMILES string of the molecule is CCCN(CC(=O)O)c1ncnc2c(C)cccc12. The second kappa shape index (κ2) is 5.65. The molecule has 1 aromatic heterocycles. The van der Waals surface area contributed by atoms with Crippen LogP contribution in [0.4, 0.5) is 5.82 Å². The first kappa shape index (κ1) is 13.3. The number of carboxylic acids is 1. The number of hydrogen-bond donors (Lipinski definition) is 1. The van der Waals surface area contributed by atoms with Crippen molar-refractivity contribution in [2.75, 3.05) is 18.0 Å². The van der Waals surface area contributed by atoms with E-state index in [2.05, 4.69) is 9.97 Å². The average Bonchev–Trinajstić information content (AvgIpc) is 2.38. The van der Waals surface area contributed by atoms with Crippen molar-refractivity contribution in [1.29, 1.82) is 0 Å². The molecule has 2 aromatic rings. The molecule has 5 heteroatoms. The molecule has 0 saturated carbocycles. The highest BCUT2D eigenvalue weighted by Crippen LogP contribution is 2.24. The Morgan fingerprint density at radius 2 is 2.16 bits per heavy atom. The van der Waals surface area contributed by atoms with Crippen molar-refractivity contribution < 1.29 is 9.90 Å². The molecule has 0 spiro atoms. The van der Waals surface area contributed by atoms with Gasteiger partial charge in [0.15, 0.2) is 0 Å². The lowest BCUT2D eigenvalue weighted by molar-refractivity contribution is -0.135. The van der Waals surface area contributed by atoms with E-state index in [1.807, 2.05) is 32.0 Å². The molecule has 0 aliphatic carbocycles. The summed E-state index contributed by atoms with van der Waals surface area (Å²) in [5.41, 5.74) is 1.94. The van der Waals surface area contributed by atoms with E-state index in [0.717, 1.165) is 22.9 Å². The fourth-order valence-electron chi connectivity index (χ4n) is 2.17. The number of anilines is 1. The molecule has 100 valence electrons. The lowest BCUT2D eigenvalue weighted by Gasteiger charge is -2.22. The molecule has 19 heavy (non-hydrogen) atoms. The van der Waals surface area contributed by atoms with Gasteiger partial charge in [-0.15, -0.1) is 0 Å². The molecular formula is C14H17N3O2. The summed E-state index contributed by atoms with van der Waals surface area (Å²) in [5.74, 6) is -0.161. The maximum atomic E-state index is 11.0. The number of nitrogens with zero attached hydrogens (tertiary/aromatic N) is 3. The third kappa shape index (κ3) is 2.81. The summed E-state index contributed by atoms with van der Waals surface area (Å²) in [6.45, 7) is 4.62. The van der Waals surface area contributed by atoms with Gasteiger partial charge in [-0.05, 0) is 25.0 Å². The van der Waals surface area contributed by atoms with Crippen molar-refractivity contribution in [1.82, 2.24) is 9.97 Å². The van der Waals surface area contributed by atoms with E-state index in [-0.39, 0.29) is 6.54 Å². The lowest BCUT2D eigenvalue weighted by Crippen LogP contribution is -2.31. The summed E-state index contributed by atoms with van der Waals surface area (Å²) in [5, 5.41) is 9.91. The van der Waals surface area contributed by atoms with Crippen LogP contribution in [-0.2, 0) is 4.79 Å². The maximum Gasteiger partial charge on any atom is 0.323 e. The smallest absolute Gasteiger partial charge is 0.323 e. The minimum Gasteiger partial charge on any atom is -0.480 e. The quantitative estimate of drug-likeness (QED) is 0.892. The number of aryl methyl sites for hydroxylation is 1. The summed E-state index contributed by atoms with van der Waals surface area (Å²) >= 11 is 0. The molecule has 0 atom stereocenters. The van der Waals surface area contributed by atoms with Gasteiger partial charge in [0.1, 0.15) is 18.7 Å². The predicted octanol–water partition coefficient (Wildman–Crippen LogP) is 2.24. The fraction of sp³-hybridized carbons (Fsp3) is 0.357. The number of rotatable bonds is 5. The molecule has 5 nitrogen and oxygen atoms in total. The molecule has 0 aliphatic heterocycles. The van der Waals surface area contributed by atoms with Crippen molar-refractivity contribution in [2.45, 2.75) is 20.3 Å². The first-order valence-electron chi connectivity index (χ1n) is 6.30. The number of aromatic nitrogens is 2. The monoisotopic (exact) mass is 259 g/mol. The zero-order chi connectivity index (χ0) is 13.8. The Labute approximate surface area is 111 Å². The lowest BCUT2D eigenvalue weighted by atomic mass is 10.1. The molecule has 1 aromatic carbocycles. The fourth-order valence-corrected chi connectivity index (χ4v) is 2.17. The first-order chi connectivity index (χ1) is 9.13. The molecule has 0 saturated heterocycles. The number of hydrogen-bond acceptors (Lipinski definition) is 4. The summed E-state index contributed by atoms with van der Waals surface area (Å²) < 4.78 is 0. The number of para-hydroxylation sites is 1. The van der Waals surface area contributed by atoms with Gasteiger partial charge < -0.3 is 10.0 Å². The van der Waals surface area contributed by atoms with Crippen LogP contribution in [0.1, 0.15) is 18.9 Å². The molecule has 1 N–H and O–H groups in total. The van der Waals surface area contributed by atoms with E-state index in [0.29, 0.717) is 12.4 Å². The van der Waals surface area contributed by atoms with E-state index in [9.17, 15) is 4.79 Å². The van der Waals surface area contributed by atoms with Crippen LogP contribution in [0.25, 0.3) is 10.9 Å². The molecule has 0 fully saturated rings. The first-order valence-corrected chi connectivity index (χ1v) is 6.30. The minimum atomic E-state index is -0.854. The van der Waals surface area contributed by atoms with Crippen LogP contribution in [0.15, 0.2) is 24.5 Å². The van der Waals surface area contributed by atoms with E-state index in [1.165, 1.54) is 6.33 Å². The molecule has 0 radical (unpaired) electrons. The van der Waals surface area contributed by atoms with Crippen molar-refractivity contribution in [3.05, 3.63) is 30.1 Å². The number of carbonyl (C=O) groups is 1. The highest BCUT2D eigenvalue weighted by atomic mass is 16.4. The molecule has 0 unspecified atom stereocenters. The zero-order valence-electron chi connectivity index (χ0n) is 11.1. The Morgan fingerprint density at radius 1 is 1.37 bits per heavy atom.